The van der Waals surface area contributed by atoms with Crippen molar-refractivity contribution >= 4 is 27.5 Å². The predicted molar refractivity (Wildman–Crippen MR) is 86.3 cm³/mol. The SMILES string of the molecule is CCOc1ccc(NC(=O)c2ccc(Br)cc2OC)cc1. The van der Waals surface area contributed by atoms with Crippen molar-refractivity contribution in [2.75, 3.05) is 19.0 Å². The first-order chi connectivity index (χ1) is 10.1. The number of methoxy groups -OCH3 is 1. The lowest BCUT2D eigenvalue weighted by Gasteiger charge is -2.10. The summed E-state index contributed by atoms with van der Waals surface area (Å²) in [6.45, 7) is 2.54. The molecule has 2 aromatic carbocycles. The minimum Gasteiger partial charge on any atom is -0.496 e. The molecule has 110 valence electrons. The van der Waals surface area contributed by atoms with E-state index in [1.165, 1.54) is 7.11 Å². The minimum absolute atomic E-state index is 0.219. The molecule has 0 spiro atoms. The second kappa shape index (κ2) is 7.13. The van der Waals surface area contributed by atoms with Crippen LogP contribution in [0.5, 0.6) is 11.5 Å². The van der Waals surface area contributed by atoms with Gasteiger partial charge in [-0.1, -0.05) is 15.9 Å². The highest BCUT2D eigenvalue weighted by Gasteiger charge is 2.12. The van der Waals surface area contributed by atoms with Gasteiger partial charge in [0.2, 0.25) is 0 Å². The van der Waals surface area contributed by atoms with Gasteiger partial charge < -0.3 is 14.8 Å². The molecule has 0 saturated carbocycles. The van der Waals surface area contributed by atoms with Crippen molar-refractivity contribution in [2.24, 2.45) is 0 Å². The molecule has 0 bridgehead atoms. The van der Waals surface area contributed by atoms with Gasteiger partial charge in [-0.25, -0.2) is 0 Å². The lowest BCUT2D eigenvalue weighted by Crippen LogP contribution is -2.13. The molecule has 0 saturated heterocycles. The van der Waals surface area contributed by atoms with Crippen molar-refractivity contribution in [1.82, 2.24) is 0 Å². The van der Waals surface area contributed by atoms with Gasteiger partial charge in [-0.05, 0) is 49.4 Å². The average Bonchev–Trinajstić information content (AvgIpc) is 2.49. The zero-order valence-electron chi connectivity index (χ0n) is 11.9. The first-order valence-corrected chi connectivity index (χ1v) is 7.31. The van der Waals surface area contributed by atoms with Gasteiger partial charge in [-0.3, -0.25) is 4.79 Å². The highest BCUT2D eigenvalue weighted by molar-refractivity contribution is 9.10. The van der Waals surface area contributed by atoms with Gasteiger partial charge in [0.25, 0.3) is 5.91 Å². The summed E-state index contributed by atoms with van der Waals surface area (Å²) in [5.41, 5.74) is 1.18. The Balaban J connectivity index is 2.14. The van der Waals surface area contributed by atoms with E-state index in [4.69, 9.17) is 9.47 Å². The molecule has 1 amide bonds. The van der Waals surface area contributed by atoms with E-state index >= 15 is 0 Å². The maximum Gasteiger partial charge on any atom is 0.259 e. The molecule has 0 aliphatic heterocycles. The number of benzene rings is 2. The Hall–Kier alpha value is -2.01. The topological polar surface area (TPSA) is 47.6 Å². The van der Waals surface area contributed by atoms with Gasteiger partial charge >= 0.3 is 0 Å². The Bertz CT molecular complexity index is 626. The van der Waals surface area contributed by atoms with E-state index in [9.17, 15) is 4.79 Å². The van der Waals surface area contributed by atoms with Crippen molar-refractivity contribution < 1.29 is 14.3 Å². The minimum atomic E-state index is -0.219. The lowest BCUT2D eigenvalue weighted by atomic mass is 10.2. The van der Waals surface area contributed by atoms with Crippen LogP contribution in [0.3, 0.4) is 0 Å². The number of ether oxygens (including phenoxy) is 2. The number of halogens is 1. The highest BCUT2D eigenvalue weighted by atomic mass is 79.9. The number of anilines is 1. The number of carbonyl (C=O) groups excluding carboxylic acids is 1. The van der Waals surface area contributed by atoms with Crippen molar-refractivity contribution in [3.63, 3.8) is 0 Å². The van der Waals surface area contributed by atoms with Crippen molar-refractivity contribution in [1.29, 1.82) is 0 Å². The van der Waals surface area contributed by atoms with Crippen molar-refractivity contribution in [3.8, 4) is 11.5 Å². The zero-order valence-corrected chi connectivity index (χ0v) is 13.4. The molecule has 2 rings (SSSR count). The fraction of sp³-hybridized carbons (Fsp3) is 0.188. The molecule has 1 N–H and O–H groups in total. The van der Waals surface area contributed by atoms with E-state index in [1.807, 2.05) is 19.1 Å². The van der Waals surface area contributed by atoms with Crippen LogP contribution in [0.2, 0.25) is 0 Å². The van der Waals surface area contributed by atoms with Gasteiger partial charge in [-0.2, -0.15) is 0 Å². The monoisotopic (exact) mass is 349 g/mol. The normalized spacial score (nSPS) is 10.0. The Morgan fingerprint density at radius 1 is 1.19 bits per heavy atom. The Morgan fingerprint density at radius 2 is 1.90 bits per heavy atom. The number of hydrogen-bond donors (Lipinski definition) is 1. The molecule has 5 heteroatoms. The van der Waals surface area contributed by atoms with Crippen LogP contribution >= 0.6 is 15.9 Å². The van der Waals surface area contributed by atoms with E-state index in [0.717, 1.165) is 10.2 Å². The number of rotatable bonds is 5. The molecule has 0 radical (unpaired) electrons. The summed E-state index contributed by atoms with van der Waals surface area (Å²) in [6.07, 6.45) is 0. The van der Waals surface area contributed by atoms with E-state index in [1.54, 1.807) is 30.3 Å². The van der Waals surface area contributed by atoms with Crippen LogP contribution < -0.4 is 14.8 Å². The molecule has 0 unspecified atom stereocenters. The van der Waals surface area contributed by atoms with Gasteiger partial charge in [0.1, 0.15) is 11.5 Å². The van der Waals surface area contributed by atoms with Crippen LogP contribution in [0.25, 0.3) is 0 Å². The van der Waals surface area contributed by atoms with Gasteiger partial charge in [0, 0.05) is 10.2 Å². The molecule has 0 atom stereocenters. The number of amides is 1. The second-order valence-electron chi connectivity index (χ2n) is 4.26. The molecular weight excluding hydrogens is 334 g/mol. The summed E-state index contributed by atoms with van der Waals surface area (Å²) < 4.78 is 11.4. The third-order valence-electron chi connectivity index (χ3n) is 2.83. The standard InChI is InChI=1S/C16H16BrNO3/c1-3-21-13-7-5-12(6-8-13)18-16(19)14-9-4-11(17)10-15(14)20-2/h4-10H,3H2,1-2H3,(H,18,19). The first-order valence-electron chi connectivity index (χ1n) is 6.51. The van der Waals surface area contributed by atoms with Crippen LogP contribution in [0, 0.1) is 0 Å². The summed E-state index contributed by atoms with van der Waals surface area (Å²) >= 11 is 3.35. The summed E-state index contributed by atoms with van der Waals surface area (Å²) in [7, 11) is 1.54. The second-order valence-corrected chi connectivity index (χ2v) is 5.17. The molecule has 2 aromatic rings. The molecule has 0 fully saturated rings. The Morgan fingerprint density at radius 3 is 2.52 bits per heavy atom. The van der Waals surface area contributed by atoms with Crippen LogP contribution in [-0.4, -0.2) is 19.6 Å². The van der Waals surface area contributed by atoms with Crippen LogP contribution in [0.1, 0.15) is 17.3 Å². The van der Waals surface area contributed by atoms with E-state index in [0.29, 0.717) is 23.6 Å². The van der Waals surface area contributed by atoms with Crippen molar-refractivity contribution in [2.45, 2.75) is 6.92 Å². The zero-order chi connectivity index (χ0) is 15.2. The van der Waals surface area contributed by atoms with E-state index < -0.39 is 0 Å². The van der Waals surface area contributed by atoms with Gasteiger partial charge in [0.15, 0.2) is 0 Å². The molecule has 4 nitrogen and oxygen atoms in total. The van der Waals surface area contributed by atoms with E-state index in [2.05, 4.69) is 21.2 Å². The third kappa shape index (κ3) is 3.98. The van der Waals surface area contributed by atoms with Crippen LogP contribution in [-0.2, 0) is 0 Å². The Labute approximate surface area is 132 Å². The largest absolute Gasteiger partial charge is 0.496 e. The first kappa shape index (κ1) is 15.4. The van der Waals surface area contributed by atoms with Gasteiger partial charge in [-0.15, -0.1) is 0 Å². The quantitative estimate of drug-likeness (QED) is 0.883. The summed E-state index contributed by atoms with van der Waals surface area (Å²) in [4.78, 5) is 12.3. The third-order valence-corrected chi connectivity index (χ3v) is 3.32. The molecule has 0 aliphatic carbocycles. The smallest absolute Gasteiger partial charge is 0.259 e. The molecule has 0 aromatic heterocycles. The van der Waals surface area contributed by atoms with E-state index in [-0.39, 0.29) is 5.91 Å². The highest BCUT2D eigenvalue weighted by Crippen LogP contribution is 2.24. The molecule has 21 heavy (non-hydrogen) atoms. The fourth-order valence-corrected chi connectivity index (χ4v) is 2.19. The predicted octanol–water partition coefficient (Wildman–Crippen LogP) is 4.11. The number of carbonyl (C=O) groups is 1. The van der Waals surface area contributed by atoms with Crippen LogP contribution in [0.4, 0.5) is 5.69 Å². The average molecular weight is 350 g/mol. The fourth-order valence-electron chi connectivity index (χ4n) is 1.85. The molecular formula is C16H16BrNO3. The van der Waals surface area contributed by atoms with Crippen molar-refractivity contribution in [3.05, 3.63) is 52.5 Å². The van der Waals surface area contributed by atoms with Crippen LogP contribution in [0.15, 0.2) is 46.9 Å². The maximum atomic E-state index is 12.3. The number of nitrogens with one attached hydrogen (secondary N) is 1. The van der Waals surface area contributed by atoms with Gasteiger partial charge in [0.05, 0.1) is 19.3 Å². The Kier molecular flexibility index (Phi) is 5.22. The maximum absolute atomic E-state index is 12.3. The summed E-state index contributed by atoms with van der Waals surface area (Å²) in [5.74, 6) is 1.08. The molecule has 0 heterocycles. The molecule has 0 aliphatic rings. The summed E-state index contributed by atoms with van der Waals surface area (Å²) in [5, 5.41) is 2.83. The number of hydrogen-bond acceptors (Lipinski definition) is 3. The lowest BCUT2D eigenvalue weighted by molar-refractivity contribution is 0.102. The summed E-state index contributed by atoms with van der Waals surface area (Å²) in [6, 6.07) is 12.5.